The zero-order chi connectivity index (χ0) is 17.4. The van der Waals surface area contributed by atoms with E-state index in [4.69, 9.17) is 10.5 Å². The molecule has 1 amide bonds. The van der Waals surface area contributed by atoms with Gasteiger partial charge in [-0.2, -0.15) is 0 Å². The summed E-state index contributed by atoms with van der Waals surface area (Å²) in [4.78, 5) is 11.9. The molecule has 0 spiro atoms. The van der Waals surface area contributed by atoms with E-state index in [1.165, 1.54) is 5.56 Å². The number of amides is 1. The molecule has 0 unspecified atom stereocenters. The Morgan fingerprint density at radius 1 is 1.12 bits per heavy atom. The van der Waals surface area contributed by atoms with Gasteiger partial charge in [0.25, 0.3) is 0 Å². The minimum atomic E-state index is 0. The van der Waals surface area contributed by atoms with Gasteiger partial charge in [-0.1, -0.05) is 50.2 Å². The van der Waals surface area contributed by atoms with Crippen molar-refractivity contribution in [3.8, 4) is 5.75 Å². The number of para-hydroxylation sites is 2. The third-order valence-corrected chi connectivity index (χ3v) is 3.90. The summed E-state index contributed by atoms with van der Waals surface area (Å²) in [5.74, 6) is 1.31. The van der Waals surface area contributed by atoms with E-state index >= 15 is 0 Å². The molecule has 0 aliphatic heterocycles. The zero-order valence-corrected chi connectivity index (χ0v) is 15.6. The fourth-order valence-corrected chi connectivity index (χ4v) is 2.54. The lowest BCUT2D eigenvalue weighted by Crippen LogP contribution is -2.28. The van der Waals surface area contributed by atoms with Crippen molar-refractivity contribution in [2.45, 2.75) is 32.6 Å². The molecule has 0 aromatic heterocycles. The highest BCUT2D eigenvalue weighted by Gasteiger charge is 2.07. The molecule has 0 aliphatic rings. The van der Waals surface area contributed by atoms with Crippen molar-refractivity contribution in [2.75, 3.05) is 18.9 Å². The Morgan fingerprint density at radius 2 is 1.80 bits per heavy atom. The Hall–Kier alpha value is -2.20. The average molecular weight is 363 g/mol. The van der Waals surface area contributed by atoms with Crippen LogP contribution in [0, 0.1) is 0 Å². The number of aryl methyl sites for hydroxylation is 1. The number of hydrogen-bond acceptors (Lipinski definition) is 3. The van der Waals surface area contributed by atoms with Crippen LogP contribution in [0.15, 0.2) is 48.5 Å². The Labute approximate surface area is 156 Å². The first-order valence-corrected chi connectivity index (χ1v) is 8.39. The SMILES string of the molecule is CC(C)c1ccccc1OCCNC(=O)CCc1ccccc1N.Cl. The van der Waals surface area contributed by atoms with Crippen LogP contribution in [0.4, 0.5) is 5.69 Å². The number of halogens is 1. The number of hydrogen-bond donors (Lipinski definition) is 2. The van der Waals surface area contributed by atoms with Gasteiger partial charge in [0.1, 0.15) is 12.4 Å². The molecule has 3 N–H and O–H groups in total. The summed E-state index contributed by atoms with van der Waals surface area (Å²) < 4.78 is 5.80. The van der Waals surface area contributed by atoms with Crippen LogP contribution in [0.25, 0.3) is 0 Å². The van der Waals surface area contributed by atoms with Gasteiger partial charge in [-0.05, 0) is 35.6 Å². The monoisotopic (exact) mass is 362 g/mol. The fourth-order valence-electron chi connectivity index (χ4n) is 2.54. The van der Waals surface area contributed by atoms with Crippen molar-refractivity contribution < 1.29 is 9.53 Å². The van der Waals surface area contributed by atoms with Gasteiger partial charge in [0.05, 0.1) is 6.54 Å². The zero-order valence-electron chi connectivity index (χ0n) is 14.8. The first-order chi connectivity index (χ1) is 11.6. The molecule has 0 atom stereocenters. The summed E-state index contributed by atoms with van der Waals surface area (Å²) in [7, 11) is 0. The summed E-state index contributed by atoms with van der Waals surface area (Å²) in [6.07, 6.45) is 1.08. The van der Waals surface area contributed by atoms with Crippen molar-refractivity contribution in [1.82, 2.24) is 5.32 Å². The van der Waals surface area contributed by atoms with Crippen LogP contribution in [-0.4, -0.2) is 19.1 Å². The van der Waals surface area contributed by atoms with Gasteiger partial charge in [0.15, 0.2) is 0 Å². The summed E-state index contributed by atoms with van der Waals surface area (Å²) >= 11 is 0. The number of benzene rings is 2. The van der Waals surface area contributed by atoms with Crippen LogP contribution in [0.3, 0.4) is 0 Å². The summed E-state index contributed by atoms with van der Waals surface area (Å²) in [5.41, 5.74) is 8.81. The predicted molar refractivity (Wildman–Crippen MR) is 105 cm³/mol. The maximum atomic E-state index is 11.9. The van der Waals surface area contributed by atoms with Gasteiger partial charge >= 0.3 is 0 Å². The van der Waals surface area contributed by atoms with Gasteiger partial charge in [0, 0.05) is 12.1 Å². The minimum Gasteiger partial charge on any atom is -0.491 e. The van der Waals surface area contributed by atoms with Gasteiger partial charge < -0.3 is 15.8 Å². The van der Waals surface area contributed by atoms with E-state index in [0.29, 0.717) is 31.9 Å². The van der Waals surface area contributed by atoms with Crippen LogP contribution < -0.4 is 15.8 Å². The molecule has 136 valence electrons. The van der Waals surface area contributed by atoms with Crippen LogP contribution >= 0.6 is 12.4 Å². The van der Waals surface area contributed by atoms with Gasteiger partial charge in [-0.3, -0.25) is 4.79 Å². The summed E-state index contributed by atoms with van der Waals surface area (Å²) in [5, 5.41) is 2.89. The van der Waals surface area contributed by atoms with E-state index in [1.807, 2.05) is 42.5 Å². The number of nitrogens with one attached hydrogen (secondary N) is 1. The molecular formula is C20H27ClN2O2. The van der Waals surface area contributed by atoms with Crippen LogP contribution in [-0.2, 0) is 11.2 Å². The lowest BCUT2D eigenvalue weighted by atomic mass is 10.0. The van der Waals surface area contributed by atoms with E-state index < -0.39 is 0 Å². The normalized spacial score (nSPS) is 10.2. The number of anilines is 1. The molecule has 2 aromatic carbocycles. The minimum absolute atomic E-state index is 0. The van der Waals surface area contributed by atoms with E-state index in [-0.39, 0.29) is 18.3 Å². The summed E-state index contributed by atoms with van der Waals surface area (Å²) in [6, 6.07) is 15.7. The number of carbonyl (C=O) groups excluding carboxylic acids is 1. The lowest BCUT2D eigenvalue weighted by Gasteiger charge is -2.14. The number of nitrogens with two attached hydrogens (primary N) is 1. The van der Waals surface area contributed by atoms with Crippen LogP contribution in [0.5, 0.6) is 5.75 Å². The van der Waals surface area contributed by atoms with Crippen molar-refractivity contribution in [3.05, 3.63) is 59.7 Å². The maximum Gasteiger partial charge on any atom is 0.220 e. The van der Waals surface area contributed by atoms with E-state index in [2.05, 4.69) is 25.2 Å². The molecule has 2 aromatic rings. The number of nitrogen functional groups attached to an aromatic ring is 1. The van der Waals surface area contributed by atoms with Gasteiger partial charge in [0.2, 0.25) is 5.91 Å². The average Bonchev–Trinajstić information content (AvgIpc) is 2.58. The molecule has 4 nitrogen and oxygen atoms in total. The van der Waals surface area contributed by atoms with Crippen LogP contribution in [0.2, 0.25) is 0 Å². The second-order valence-electron chi connectivity index (χ2n) is 6.09. The third-order valence-electron chi connectivity index (χ3n) is 3.90. The molecule has 0 radical (unpaired) electrons. The second kappa shape index (κ2) is 10.6. The molecule has 0 saturated carbocycles. The van der Waals surface area contributed by atoms with E-state index in [0.717, 1.165) is 17.0 Å². The molecule has 0 fully saturated rings. The lowest BCUT2D eigenvalue weighted by molar-refractivity contribution is -0.121. The first-order valence-electron chi connectivity index (χ1n) is 8.39. The number of rotatable bonds is 8. The molecule has 2 rings (SSSR count). The third kappa shape index (κ3) is 6.67. The van der Waals surface area contributed by atoms with Crippen molar-refractivity contribution >= 4 is 24.0 Å². The first kappa shape index (κ1) is 20.8. The Morgan fingerprint density at radius 3 is 2.52 bits per heavy atom. The van der Waals surface area contributed by atoms with Crippen LogP contribution in [0.1, 0.15) is 37.3 Å². The second-order valence-corrected chi connectivity index (χ2v) is 6.09. The molecule has 0 saturated heterocycles. The maximum absolute atomic E-state index is 11.9. The topological polar surface area (TPSA) is 64.3 Å². The molecule has 0 bridgehead atoms. The highest BCUT2D eigenvalue weighted by Crippen LogP contribution is 2.25. The quantitative estimate of drug-likeness (QED) is 0.552. The molecule has 0 aliphatic carbocycles. The van der Waals surface area contributed by atoms with Crippen molar-refractivity contribution in [3.63, 3.8) is 0 Å². The Bertz CT molecular complexity index is 674. The highest BCUT2D eigenvalue weighted by molar-refractivity contribution is 5.85. The van der Waals surface area contributed by atoms with Gasteiger partial charge in [-0.25, -0.2) is 0 Å². The largest absolute Gasteiger partial charge is 0.491 e. The Kier molecular flexibility index (Phi) is 8.86. The van der Waals surface area contributed by atoms with E-state index in [9.17, 15) is 4.79 Å². The van der Waals surface area contributed by atoms with Crippen molar-refractivity contribution in [1.29, 1.82) is 0 Å². The summed E-state index contributed by atoms with van der Waals surface area (Å²) in [6.45, 7) is 5.23. The highest BCUT2D eigenvalue weighted by atomic mass is 35.5. The van der Waals surface area contributed by atoms with Crippen molar-refractivity contribution in [2.24, 2.45) is 0 Å². The molecular weight excluding hydrogens is 336 g/mol. The molecule has 25 heavy (non-hydrogen) atoms. The Balaban J connectivity index is 0.00000312. The van der Waals surface area contributed by atoms with E-state index in [1.54, 1.807) is 0 Å². The number of ether oxygens (including phenoxy) is 1. The molecule has 5 heteroatoms. The fraction of sp³-hybridized carbons (Fsp3) is 0.350. The van der Waals surface area contributed by atoms with Gasteiger partial charge in [-0.15, -0.1) is 12.4 Å². The predicted octanol–water partition coefficient (Wildman–Crippen LogP) is 3.94. The number of carbonyl (C=O) groups is 1. The smallest absolute Gasteiger partial charge is 0.220 e. The standard InChI is InChI=1S/C20H26N2O2.ClH/c1-15(2)17-8-4-6-10-19(17)24-14-13-22-20(23)12-11-16-7-3-5-9-18(16)21;/h3-10,15H,11-14,21H2,1-2H3,(H,22,23);1H. The molecule has 0 heterocycles.